The van der Waals surface area contributed by atoms with Gasteiger partial charge in [-0.15, -0.1) is 0 Å². The zero-order valence-corrected chi connectivity index (χ0v) is 16.2. The van der Waals surface area contributed by atoms with Gasteiger partial charge in [-0.1, -0.05) is 6.42 Å². The monoisotopic (exact) mass is 352 g/mol. The van der Waals surface area contributed by atoms with E-state index in [-0.39, 0.29) is 0 Å². The standard InChI is InChI=1S/C19H36N4O2/c1-4-20-18(21-14-15(3)23-9-11-24-12-10-23)22-16-13-17(25-5-2)19(16)7-6-8-19/h15-17H,4-14H2,1-3H3,(H2,20,21,22). The summed E-state index contributed by atoms with van der Waals surface area (Å²) in [5.41, 5.74) is 0.363. The lowest BCUT2D eigenvalue weighted by Crippen LogP contribution is -2.68. The maximum atomic E-state index is 5.97. The molecule has 0 radical (unpaired) electrons. The first-order chi connectivity index (χ1) is 12.2. The van der Waals surface area contributed by atoms with Crippen molar-refractivity contribution in [2.75, 3.05) is 46.0 Å². The largest absolute Gasteiger partial charge is 0.379 e. The molecule has 3 fully saturated rings. The molecule has 3 unspecified atom stereocenters. The van der Waals surface area contributed by atoms with Crippen molar-refractivity contribution in [3.05, 3.63) is 0 Å². The van der Waals surface area contributed by atoms with Crippen molar-refractivity contribution >= 4 is 5.96 Å². The van der Waals surface area contributed by atoms with E-state index in [0.717, 1.165) is 58.4 Å². The minimum absolute atomic E-state index is 0.363. The van der Waals surface area contributed by atoms with E-state index in [4.69, 9.17) is 14.5 Å². The van der Waals surface area contributed by atoms with Crippen LogP contribution in [0.4, 0.5) is 0 Å². The van der Waals surface area contributed by atoms with Crippen molar-refractivity contribution in [1.82, 2.24) is 15.5 Å². The van der Waals surface area contributed by atoms with Gasteiger partial charge in [-0.05, 0) is 40.0 Å². The smallest absolute Gasteiger partial charge is 0.191 e. The summed E-state index contributed by atoms with van der Waals surface area (Å²) < 4.78 is 11.4. The molecule has 3 aliphatic rings. The number of morpholine rings is 1. The zero-order chi connectivity index (χ0) is 17.7. The van der Waals surface area contributed by atoms with Gasteiger partial charge in [0, 0.05) is 43.7 Å². The van der Waals surface area contributed by atoms with Gasteiger partial charge in [-0.3, -0.25) is 9.89 Å². The Morgan fingerprint density at radius 1 is 1.32 bits per heavy atom. The minimum atomic E-state index is 0.363. The van der Waals surface area contributed by atoms with Gasteiger partial charge in [0.05, 0.1) is 25.9 Å². The number of guanidine groups is 1. The number of hydrogen-bond acceptors (Lipinski definition) is 4. The third-order valence-corrected chi connectivity index (χ3v) is 6.28. The molecular formula is C19H36N4O2. The molecular weight excluding hydrogens is 316 g/mol. The molecule has 3 atom stereocenters. The van der Waals surface area contributed by atoms with Crippen LogP contribution in [0.3, 0.4) is 0 Å². The fourth-order valence-electron chi connectivity index (χ4n) is 4.48. The van der Waals surface area contributed by atoms with Crippen LogP contribution in [0, 0.1) is 5.41 Å². The van der Waals surface area contributed by atoms with Crippen LogP contribution in [0.2, 0.25) is 0 Å². The molecule has 6 nitrogen and oxygen atoms in total. The fourth-order valence-corrected chi connectivity index (χ4v) is 4.48. The number of aliphatic imine (C=N–C) groups is 1. The van der Waals surface area contributed by atoms with Crippen LogP contribution in [0.15, 0.2) is 4.99 Å². The summed E-state index contributed by atoms with van der Waals surface area (Å²) in [4.78, 5) is 7.35. The second kappa shape index (κ2) is 8.69. The van der Waals surface area contributed by atoms with Crippen molar-refractivity contribution in [2.24, 2.45) is 10.4 Å². The Bertz CT molecular complexity index is 447. The van der Waals surface area contributed by atoms with Crippen LogP contribution in [0.25, 0.3) is 0 Å². The van der Waals surface area contributed by atoms with E-state index in [2.05, 4.69) is 36.3 Å². The van der Waals surface area contributed by atoms with E-state index in [1.54, 1.807) is 0 Å². The summed E-state index contributed by atoms with van der Waals surface area (Å²) in [5.74, 6) is 0.967. The number of nitrogens with one attached hydrogen (secondary N) is 2. The Morgan fingerprint density at radius 3 is 2.68 bits per heavy atom. The maximum Gasteiger partial charge on any atom is 0.191 e. The first-order valence-corrected chi connectivity index (χ1v) is 10.2. The minimum Gasteiger partial charge on any atom is -0.379 e. The predicted molar refractivity (Wildman–Crippen MR) is 101 cm³/mol. The van der Waals surface area contributed by atoms with E-state index in [0.29, 0.717) is 23.6 Å². The van der Waals surface area contributed by atoms with E-state index in [9.17, 15) is 0 Å². The van der Waals surface area contributed by atoms with Crippen molar-refractivity contribution in [2.45, 2.75) is 64.6 Å². The molecule has 1 heterocycles. The Balaban J connectivity index is 1.54. The molecule has 0 aromatic heterocycles. The number of nitrogens with zero attached hydrogens (tertiary/aromatic N) is 2. The van der Waals surface area contributed by atoms with Crippen molar-refractivity contribution in [1.29, 1.82) is 0 Å². The first-order valence-electron chi connectivity index (χ1n) is 10.2. The maximum absolute atomic E-state index is 5.97. The summed E-state index contributed by atoms with van der Waals surface area (Å²) in [6.45, 7) is 12.8. The lowest BCUT2D eigenvalue weighted by Gasteiger charge is -2.61. The molecule has 2 saturated carbocycles. The average Bonchev–Trinajstić information content (AvgIpc) is 2.57. The Kier molecular flexibility index (Phi) is 6.58. The molecule has 2 N–H and O–H groups in total. The molecule has 0 amide bonds. The summed E-state index contributed by atoms with van der Waals surface area (Å²) >= 11 is 0. The SMILES string of the molecule is CCNC(=NCC(C)N1CCOCC1)NC1CC(OCC)C12CCC2. The molecule has 0 bridgehead atoms. The van der Waals surface area contributed by atoms with Crippen LogP contribution >= 0.6 is 0 Å². The summed E-state index contributed by atoms with van der Waals surface area (Å²) in [7, 11) is 0. The Hall–Kier alpha value is -0.850. The highest BCUT2D eigenvalue weighted by molar-refractivity contribution is 5.80. The average molecular weight is 353 g/mol. The second-order valence-electron chi connectivity index (χ2n) is 7.68. The highest BCUT2D eigenvalue weighted by atomic mass is 16.5. The van der Waals surface area contributed by atoms with Gasteiger partial charge in [0.1, 0.15) is 0 Å². The number of hydrogen-bond donors (Lipinski definition) is 2. The highest BCUT2D eigenvalue weighted by Crippen LogP contribution is 2.57. The third-order valence-electron chi connectivity index (χ3n) is 6.28. The Morgan fingerprint density at radius 2 is 2.08 bits per heavy atom. The van der Waals surface area contributed by atoms with Crippen LogP contribution < -0.4 is 10.6 Å². The normalized spacial score (nSPS) is 30.4. The van der Waals surface area contributed by atoms with Gasteiger partial charge in [0.25, 0.3) is 0 Å². The van der Waals surface area contributed by atoms with Crippen LogP contribution in [-0.4, -0.2) is 75.0 Å². The third kappa shape index (κ3) is 4.12. The van der Waals surface area contributed by atoms with E-state index in [1.807, 2.05) is 0 Å². The Labute approximate surface area is 152 Å². The molecule has 1 aliphatic heterocycles. The van der Waals surface area contributed by atoms with Gasteiger partial charge in [0.2, 0.25) is 0 Å². The van der Waals surface area contributed by atoms with Crippen molar-refractivity contribution in [3.8, 4) is 0 Å². The first kappa shape index (κ1) is 18.9. The van der Waals surface area contributed by atoms with Gasteiger partial charge in [-0.2, -0.15) is 0 Å². The van der Waals surface area contributed by atoms with Crippen molar-refractivity contribution < 1.29 is 9.47 Å². The zero-order valence-electron chi connectivity index (χ0n) is 16.2. The summed E-state index contributed by atoms with van der Waals surface area (Å²) in [6.07, 6.45) is 5.47. The fraction of sp³-hybridized carbons (Fsp3) is 0.947. The molecule has 3 rings (SSSR count). The predicted octanol–water partition coefficient (Wildman–Crippen LogP) is 1.61. The lowest BCUT2D eigenvalue weighted by molar-refractivity contribution is -0.168. The number of ether oxygens (including phenoxy) is 2. The highest BCUT2D eigenvalue weighted by Gasteiger charge is 2.59. The molecule has 0 aromatic carbocycles. The van der Waals surface area contributed by atoms with E-state index in [1.165, 1.54) is 19.3 Å². The van der Waals surface area contributed by atoms with Crippen LogP contribution in [-0.2, 0) is 9.47 Å². The molecule has 0 aromatic rings. The van der Waals surface area contributed by atoms with Gasteiger partial charge in [-0.25, -0.2) is 0 Å². The van der Waals surface area contributed by atoms with Crippen LogP contribution in [0.1, 0.15) is 46.5 Å². The topological polar surface area (TPSA) is 58.1 Å². The summed E-state index contributed by atoms with van der Waals surface area (Å²) in [6, 6.07) is 0.962. The van der Waals surface area contributed by atoms with E-state index < -0.39 is 0 Å². The van der Waals surface area contributed by atoms with Crippen molar-refractivity contribution in [3.63, 3.8) is 0 Å². The quantitative estimate of drug-likeness (QED) is 0.538. The molecule has 1 spiro atoms. The van der Waals surface area contributed by atoms with E-state index >= 15 is 0 Å². The lowest BCUT2D eigenvalue weighted by atomic mass is 9.51. The van der Waals surface area contributed by atoms with Crippen LogP contribution in [0.5, 0.6) is 0 Å². The van der Waals surface area contributed by atoms with Gasteiger partial charge in [0.15, 0.2) is 5.96 Å². The molecule has 2 aliphatic carbocycles. The number of rotatable bonds is 7. The molecule has 25 heavy (non-hydrogen) atoms. The molecule has 6 heteroatoms. The van der Waals surface area contributed by atoms with Gasteiger partial charge >= 0.3 is 0 Å². The second-order valence-corrected chi connectivity index (χ2v) is 7.68. The van der Waals surface area contributed by atoms with Gasteiger partial charge < -0.3 is 20.1 Å². The molecule has 144 valence electrons. The molecule has 1 saturated heterocycles. The summed E-state index contributed by atoms with van der Waals surface area (Å²) in [5, 5.41) is 7.14.